The van der Waals surface area contributed by atoms with Crippen LogP contribution in [-0.2, 0) is 17.8 Å². The summed E-state index contributed by atoms with van der Waals surface area (Å²) in [5.74, 6) is -0.272. The number of carbonyl (C=O) groups is 1. The van der Waals surface area contributed by atoms with Gasteiger partial charge in [0.05, 0.1) is 6.61 Å². The van der Waals surface area contributed by atoms with Crippen LogP contribution in [0.25, 0.3) is 0 Å². The second-order valence-corrected chi connectivity index (χ2v) is 8.00. The molecule has 0 aliphatic heterocycles. The maximum absolute atomic E-state index is 10.6. The first-order valence-corrected chi connectivity index (χ1v) is 7.97. The fraction of sp³-hybridized carbons (Fsp3) is 0.667. The Morgan fingerprint density at radius 3 is 2.25 bits per heavy atom. The molecular formula is C9H16O4Si3. The van der Waals surface area contributed by atoms with Crippen LogP contribution in [0.1, 0.15) is 20.3 Å². The molecule has 0 rings (SSSR count). The Morgan fingerprint density at radius 2 is 1.88 bits per heavy atom. The molecule has 0 amide bonds. The van der Waals surface area contributed by atoms with E-state index in [1.165, 1.54) is 6.92 Å². The van der Waals surface area contributed by atoms with Crippen LogP contribution >= 0.6 is 0 Å². The molecule has 16 heavy (non-hydrogen) atoms. The van der Waals surface area contributed by atoms with Gasteiger partial charge in [0.15, 0.2) is 0 Å². The van der Waals surface area contributed by atoms with Gasteiger partial charge in [0, 0.05) is 13.0 Å². The number of ether oxygens (including phenoxy) is 1. The van der Waals surface area contributed by atoms with Gasteiger partial charge in [0.1, 0.15) is 0 Å². The van der Waals surface area contributed by atoms with Gasteiger partial charge in [-0.1, -0.05) is 5.57 Å². The van der Waals surface area contributed by atoms with E-state index in [9.17, 15) is 4.79 Å². The maximum Gasteiger partial charge on any atom is 0.321 e. The SMILES string of the molecule is C=C(C)C[Si](CCCOC(C)=O)(O[Si])O[Si]. The quantitative estimate of drug-likeness (QED) is 0.288. The van der Waals surface area contributed by atoms with Crippen molar-refractivity contribution in [1.82, 2.24) is 0 Å². The first kappa shape index (κ1) is 15.8. The van der Waals surface area contributed by atoms with Crippen molar-refractivity contribution in [3.8, 4) is 0 Å². The van der Waals surface area contributed by atoms with Crippen LogP contribution in [0.5, 0.6) is 0 Å². The number of hydrogen-bond donors (Lipinski definition) is 0. The molecule has 0 aliphatic carbocycles. The molecule has 88 valence electrons. The Hall–Kier alpha value is -0.219. The Morgan fingerprint density at radius 1 is 1.31 bits per heavy atom. The molecule has 0 bridgehead atoms. The third-order valence-corrected chi connectivity index (χ3v) is 7.18. The van der Waals surface area contributed by atoms with E-state index >= 15 is 0 Å². The van der Waals surface area contributed by atoms with Crippen LogP contribution in [0, 0.1) is 0 Å². The van der Waals surface area contributed by atoms with Crippen molar-refractivity contribution < 1.29 is 17.8 Å². The van der Waals surface area contributed by atoms with E-state index in [2.05, 4.69) is 27.6 Å². The summed E-state index contributed by atoms with van der Waals surface area (Å²) in [6.45, 7) is 7.53. The van der Waals surface area contributed by atoms with Gasteiger partial charge in [0.2, 0.25) is 21.0 Å². The number of carbonyl (C=O) groups excluding carboxylic acids is 1. The van der Waals surface area contributed by atoms with Crippen molar-refractivity contribution >= 4 is 35.5 Å². The minimum absolute atomic E-state index is 0.272. The van der Waals surface area contributed by atoms with Crippen molar-refractivity contribution in [2.24, 2.45) is 0 Å². The van der Waals surface area contributed by atoms with E-state index in [0.717, 1.165) is 5.57 Å². The Labute approximate surface area is 105 Å². The predicted molar refractivity (Wildman–Crippen MR) is 65.1 cm³/mol. The highest BCUT2D eigenvalue weighted by Gasteiger charge is 2.33. The summed E-state index contributed by atoms with van der Waals surface area (Å²) in [5.41, 5.74) is 0.996. The maximum atomic E-state index is 10.6. The summed E-state index contributed by atoms with van der Waals surface area (Å²) in [6.07, 6.45) is 0.702. The molecule has 0 N–H and O–H groups in total. The van der Waals surface area contributed by atoms with Crippen LogP contribution < -0.4 is 0 Å². The topological polar surface area (TPSA) is 44.8 Å². The van der Waals surface area contributed by atoms with Gasteiger partial charge in [-0.2, -0.15) is 0 Å². The van der Waals surface area contributed by atoms with Crippen LogP contribution in [0.4, 0.5) is 0 Å². The monoisotopic (exact) mass is 272 g/mol. The average molecular weight is 272 g/mol. The molecule has 0 fully saturated rings. The number of allylic oxidation sites excluding steroid dienone is 1. The minimum Gasteiger partial charge on any atom is -0.466 e. The van der Waals surface area contributed by atoms with Crippen LogP contribution in [-0.4, -0.2) is 42.1 Å². The van der Waals surface area contributed by atoms with E-state index in [-0.39, 0.29) is 5.97 Å². The van der Waals surface area contributed by atoms with Crippen LogP contribution in [0.15, 0.2) is 12.2 Å². The van der Waals surface area contributed by atoms with Gasteiger partial charge in [-0.3, -0.25) is 4.79 Å². The van der Waals surface area contributed by atoms with Crippen molar-refractivity contribution in [2.45, 2.75) is 32.4 Å². The van der Waals surface area contributed by atoms with Crippen LogP contribution in [0.2, 0.25) is 12.1 Å². The Kier molecular flexibility index (Phi) is 7.85. The third-order valence-electron chi connectivity index (χ3n) is 1.95. The fourth-order valence-corrected chi connectivity index (χ4v) is 5.02. The highest BCUT2D eigenvalue weighted by molar-refractivity contribution is 6.73. The molecule has 0 aromatic carbocycles. The van der Waals surface area contributed by atoms with E-state index in [1.54, 1.807) is 0 Å². The fourth-order valence-electron chi connectivity index (χ4n) is 1.30. The van der Waals surface area contributed by atoms with Gasteiger partial charge >= 0.3 is 14.5 Å². The molecule has 0 unspecified atom stereocenters. The van der Waals surface area contributed by atoms with Gasteiger partial charge in [-0.15, -0.1) is 6.58 Å². The van der Waals surface area contributed by atoms with Gasteiger partial charge in [-0.25, -0.2) is 0 Å². The molecule has 0 saturated carbocycles. The molecule has 6 radical (unpaired) electrons. The molecule has 0 atom stereocenters. The molecule has 0 aliphatic rings. The van der Waals surface area contributed by atoms with Crippen LogP contribution in [0.3, 0.4) is 0 Å². The summed E-state index contributed by atoms with van der Waals surface area (Å²) >= 11 is 0. The Balaban J connectivity index is 4.11. The predicted octanol–water partition coefficient (Wildman–Crippen LogP) is 1.16. The van der Waals surface area contributed by atoms with E-state index in [0.29, 0.717) is 25.1 Å². The number of esters is 1. The van der Waals surface area contributed by atoms with E-state index in [4.69, 9.17) is 13.0 Å². The molecule has 0 saturated heterocycles. The molecule has 0 spiro atoms. The van der Waals surface area contributed by atoms with E-state index < -0.39 is 8.56 Å². The van der Waals surface area contributed by atoms with Crippen molar-refractivity contribution in [3.63, 3.8) is 0 Å². The molecule has 0 aromatic heterocycles. The zero-order chi connectivity index (χ0) is 12.6. The van der Waals surface area contributed by atoms with Crippen molar-refractivity contribution in [1.29, 1.82) is 0 Å². The minimum atomic E-state index is -2.34. The summed E-state index contributed by atoms with van der Waals surface area (Å²) in [5, 5.41) is 0. The first-order chi connectivity index (χ1) is 7.45. The molecule has 4 nitrogen and oxygen atoms in total. The summed E-state index contributed by atoms with van der Waals surface area (Å²) in [7, 11) is 3.76. The average Bonchev–Trinajstić information content (AvgIpc) is 2.22. The zero-order valence-corrected chi connectivity index (χ0v) is 12.7. The lowest BCUT2D eigenvalue weighted by Gasteiger charge is -2.28. The van der Waals surface area contributed by atoms with E-state index in [1.807, 2.05) is 6.92 Å². The normalized spacial score (nSPS) is 11.2. The lowest BCUT2D eigenvalue weighted by molar-refractivity contribution is -0.140. The molecule has 0 aromatic rings. The summed E-state index contributed by atoms with van der Waals surface area (Å²) in [4.78, 5) is 10.6. The lowest BCUT2D eigenvalue weighted by atomic mass is 10.4. The summed E-state index contributed by atoms with van der Waals surface area (Å²) in [6, 6.07) is 1.39. The number of rotatable bonds is 8. The first-order valence-electron chi connectivity index (χ1n) is 4.93. The second-order valence-electron chi connectivity index (χ2n) is 3.69. The van der Waals surface area contributed by atoms with Crippen molar-refractivity contribution in [3.05, 3.63) is 12.2 Å². The van der Waals surface area contributed by atoms with Gasteiger partial charge < -0.3 is 13.0 Å². The smallest absolute Gasteiger partial charge is 0.321 e. The van der Waals surface area contributed by atoms with Crippen molar-refractivity contribution in [2.75, 3.05) is 6.61 Å². The molecule has 0 heterocycles. The number of hydrogen-bond acceptors (Lipinski definition) is 4. The molecular weight excluding hydrogens is 256 g/mol. The Bertz CT molecular complexity index is 241. The summed E-state index contributed by atoms with van der Waals surface area (Å²) < 4.78 is 15.4. The third kappa shape index (κ3) is 6.38. The highest BCUT2D eigenvalue weighted by Crippen LogP contribution is 2.22. The largest absolute Gasteiger partial charge is 0.466 e. The highest BCUT2D eigenvalue weighted by atomic mass is 28.4. The van der Waals surface area contributed by atoms with Gasteiger partial charge in [-0.05, 0) is 19.4 Å². The van der Waals surface area contributed by atoms with Gasteiger partial charge in [0.25, 0.3) is 0 Å². The lowest BCUT2D eigenvalue weighted by Crippen LogP contribution is -2.41. The molecule has 7 heteroatoms. The second kappa shape index (κ2) is 7.96. The zero-order valence-electron chi connectivity index (χ0n) is 9.67. The standard InChI is InChI=1S/C9H16O4Si3/c1-8(2)7-16(12-14,13-15)6-4-5-11-9(3)10/h1,4-7H2,2-3H3.